The summed E-state index contributed by atoms with van der Waals surface area (Å²) in [4.78, 5) is 16.6. The van der Waals surface area contributed by atoms with Gasteiger partial charge in [0.05, 0.1) is 18.6 Å². The van der Waals surface area contributed by atoms with Crippen LogP contribution in [0.2, 0.25) is 10.0 Å². The second kappa shape index (κ2) is 6.74. The summed E-state index contributed by atoms with van der Waals surface area (Å²) >= 11 is 12.0. The van der Waals surface area contributed by atoms with E-state index in [9.17, 15) is 9.90 Å². The van der Waals surface area contributed by atoms with Gasteiger partial charge in [0.2, 0.25) is 11.8 Å². The van der Waals surface area contributed by atoms with E-state index >= 15 is 0 Å². The lowest BCUT2D eigenvalue weighted by Crippen LogP contribution is -2.35. The predicted octanol–water partition coefficient (Wildman–Crippen LogP) is 2.71. The van der Waals surface area contributed by atoms with Crippen molar-refractivity contribution in [3.8, 4) is 5.88 Å². The number of nitrogens with one attached hydrogen (secondary N) is 1. The molecule has 0 bridgehead atoms. The molecule has 1 aromatic heterocycles. The van der Waals surface area contributed by atoms with Gasteiger partial charge >= 0.3 is 0 Å². The van der Waals surface area contributed by atoms with Gasteiger partial charge in [0.15, 0.2) is 0 Å². The Balaban J connectivity index is 1.79. The third-order valence-electron chi connectivity index (χ3n) is 3.72. The zero-order valence-electron chi connectivity index (χ0n) is 12.0. The Bertz CT molecular complexity index is 739. The maximum absolute atomic E-state index is 12.5. The van der Waals surface area contributed by atoms with Crippen LogP contribution in [0.25, 0.3) is 0 Å². The smallest absolute Gasteiger partial charge is 0.230 e. The van der Waals surface area contributed by atoms with E-state index in [1.54, 1.807) is 30.5 Å². The molecule has 0 saturated heterocycles. The topological polar surface area (TPSA) is 71.5 Å². The third kappa shape index (κ3) is 3.27. The molecule has 5 nitrogen and oxygen atoms in total. The molecule has 0 radical (unpaired) electrons. The number of amides is 1. The van der Waals surface area contributed by atoms with E-state index in [0.717, 1.165) is 5.56 Å². The molecule has 0 aliphatic carbocycles. The van der Waals surface area contributed by atoms with Gasteiger partial charge in [-0.3, -0.25) is 4.79 Å². The highest BCUT2D eigenvalue weighted by molar-refractivity contribution is 6.35. The summed E-state index contributed by atoms with van der Waals surface area (Å²) < 4.78 is 5.44. The first-order chi connectivity index (χ1) is 11.1. The van der Waals surface area contributed by atoms with Gasteiger partial charge < -0.3 is 15.2 Å². The predicted molar refractivity (Wildman–Crippen MR) is 86.9 cm³/mol. The minimum Gasteiger partial charge on any atom is -0.475 e. The van der Waals surface area contributed by atoms with E-state index in [-0.39, 0.29) is 18.6 Å². The van der Waals surface area contributed by atoms with Gasteiger partial charge in [0, 0.05) is 21.8 Å². The zero-order chi connectivity index (χ0) is 16.4. The van der Waals surface area contributed by atoms with Crippen LogP contribution in [0, 0.1) is 0 Å². The summed E-state index contributed by atoms with van der Waals surface area (Å²) in [6.07, 6.45) is 1.63. The van der Waals surface area contributed by atoms with Gasteiger partial charge in [-0.1, -0.05) is 29.3 Å². The van der Waals surface area contributed by atoms with Gasteiger partial charge in [0.25, 0.3) is 0 Å². The van der Waals surface area contributed by atoms with Crippen LogP contribution in [-0.2, 0) is 4.79 Å². The molecule has 2 N–H and O–H groups in total. The first-order valence-electron chi connectivity index (χ1n) is 7.04. The molecule has 7 heteroatoms. The molecule has 2 heterocycles. The van der Waals surface area contributed by atoms with Gasteiger partial charge in [-0.15, -0.1) is 0 Å². The number of aliphatic hydroxyl groups is 1. The summed E-state index contributed by atoms with van der Waals surface area (Å²) in [5.74, 6) is -0.592. The number of hydrogen-bond acceptors (Lipinski definition) is 4. The fourth-order valence-corrected chi connectivity index (χ4v) is 3.08. The lowest BCUT2D eigenvalue weighted by atomic mass is 9.98. The molecule has 0 spiro atoms. The molecule has 2 atom stereocenters. The normalized spacial score (nSPS) is 17.3. The SMILES string of the molecule is O=C(N[C@@H]1COc2ncccc21)[C@@H](CO)c1ccc(Cl)cc1Cl. The van der Waals surface area contributed by atoms with E-state index in [1.165, 1.54) is 0 Å². The summed E-state index contributed by atoms with van der Waals surface area (Å²) in [5.41, 5.74) is 1.35. The zero-order valence-corrected chi connectivity index (χ0v) is 13.5. The second-order valence-corrected chi connectivity index (χ2v) is 6.01. The fourth-order valence-electron chi connectivity index (χ4n) is 2.54. The number of nitrogens with zero attached hydrogens (tertiary/aromatic N) is 1. The first kappa shape index (κ1) is 16.1. The Labute approximate surface area is 143 Å². The number of ether oxygens (including phenoxy) is 1. The maximum Gasteiger partial charge on any atom is 0.230 e. The van der Waals surface area contributed by atoms with Crippen molar-refractivity contribution >= 4 is 29.1 Å². The van der Waals surface area contributed by atoms with Crippen molar-refractivity contribution in [2.24, 2.45) is 0 Å². The van der Waals surface area contributed by atoms with E-state index in [4.69, 9.17) is 27.9 Å². The summed E-state index contributed by atoms with van der Waals surface area (Å²) in [6, 6.07) is 8.16. The van der Waals surface area contributed by atoms with E-state index in [1.807, 2.05) is 6.07 Å². The van der Waals surface area contributed by atoms with Crippen LogP contribution in [0.3, 0.4) is 0 Å². The first-order valence-corrected chi connectivity index (χ1v) is 7.79. The number of rotatable bonds is 4. The minimum absolute atomic E-state index is 0.300. The van der Waals surface area contributed by atoms with Crippen molar-refractivity contribution < 1.29 is 14.6 Å². The molecule has 3 rings (SSSR count). The van der Waals surface area contributed by atoms with Crippen molar-refractivity contribution in [2.45, 2.75) is 12.0 Å². The van der Waals surface area contributed by atoms with E-state index in [0.29, 0.717) is 28.1 Å². The Morgan fingerprint density at radius 1 is 1.43 bits per heavy atom. The molecular formula is C16H14Cl2N2O3. The minimum atomic E-state index is -0.777. The number of pyridine rings is 1. The van der Waals surface area contributed by atoms with Crippen LogP contribution in [0.1, 0.15) is 23.1 Å². The molecular weight excluding hydrogens is 339 g/mol. The number of carbonyl (C=O) groups is 1. The molecule has 1 aromatic carbocycles. The molecule has 1 aliphatic rings. The second-order valence-electron chi connectivity index (χ2n) is 5.17. The number of aromatic nitrogens is 1. The van der Waals surface area contributed by atoms with Crippen molar-refractivity contribution in [2.75, 3.05) is 13.2 Å². The molecule has 23 heavy (non-hydrogen) atoms. The molecule has 2 aromatic rings. The number of fused-ring (bicyclic) bond motifs is 1. The number of hydrogen-bond donors (Lipinski definition) is 2. The van der Waals surface area contributed by atoms with Crippen LogP contribution in [0.4, 0.5) is 0 Å². The van der Waals surface area contributed by atoms with Crippen molar-refractivity contribution in [1.29, 1.82) is 0 Å². The lowest BCUT2D eigenvalue weighted by Gasteiger charge is -2.19. The monoisotopic (exact) mass is 352 g/mol. The lowest BCUT2D eigenvalue weighted by molar-refractivity contribution is -0.124. The standard InChI is InChI=1S/C16H14Cl2N2O3/c17-9-3-4-10(13(18)6-9)12(7-21)15(22)20-14-8-23-16-11(14)2-1-5-19-16/h1-6,12,14,21H,7-8H2,(H,20,22)/t12-,14+/m0/s1. The fraction of sp³-hybridized carbons (Fsp3) is 0.250. The molecule has 0 fully saturated rings. The average Bonchev–Trinajstić information content (AvgIpc) is 2.93. The van der Waals surface area contributed by atoms with Crippen LogP contribution in [0.15, 0.2) is 36.5 Å². The van der Waals surface area contributed by atoms with Gasteiger partial charge in [-0.25, -0.2) is 4.98 Å². The van der Waals surface area contributed by atoms with Crippen LogP contribution < -0.4 is 10.1 Å². The van der Waals surface area contributed by atoms with Gasteiger partial charge in [-0.2, -0.15) is 0 Å². The van der Waals surface area contributed by atoms with Crippen LogP contribution in [0.5, 0.6) is 5.88 Å². The number of carbonyl (C=O) groups excluding carboxylic acids is 1. The number of benzene rings is 1. The highest BCUT2D eigenvalue weighted by atomic mass is 35.5. The number of halogens is 2. The van der Waals surface area contributed by atoms with E-state index in [2.05, 4.69) is 10.3 Å². The van der Waals surface area contributed by atoms with Crippen molar-refractivity contribution in [1.82, 2.24) is 10.3 Å². The van der Waals surface area contributed by atoms with Crippen molar-refractivity contribution in [3.63, 3.8) is 0 Å². The highest BCUT2D eigenvalue weighted by Crippen LogP contribution is 2.32. The molecule has 0 unspecified atom stereocenters. The molecule has 120 valence electrons. The largest absolute Gasteiger partial charge is 0.475 e. The van der Waals surface area contributed by atoms with Gasteiger partial charge in [-0.05, 0) is 29.8 Å². The molecule has 1 aliphatic heterocycles. The number of aliphatic hydroxyl groups excluding tert-OH is 1. The summed E-state index contributed by atoms with van der Waals surface area (Å²) in [6.45, 7) is -0.0504. The highest BCUT2D eigenvalue weighted by Gasteiger charge is 2.30. The average molecular weight is 353 g/mol. The van der Waals surface area contributed by atoms with Gasteiger partial charge in [0.1, 0.15) is 6.61 Å². The third-order valence-corrected chi connectivity index (χ3v) is 4.28. The Kier molecular flexibility index (Phi) is 4.71. The van der Waals surface area contributed by atoms with Crippen LogP contribution >= 0.6 is 23.2 Å². The van der Waals surface area contributed by atoms with Crippen LogP contribution in [-0.4, -0.2) is 29.2 Å². The Hall–Kier alpha value is -1.82. The maximum atomic E-state index is 12.5. The molecule has 1 amide bonds. The van der Waals surface area contributed by atoms with E-state index < -0.39 is 5.92 Å². The Morgan fingerprint density at radius 3 is 3.00 bits per heavy atom. The quantitative estimate of drug-likeness (QED) is 0.887. The summed E-state index contributed by atoms with van der Waals surface area (Å²) in [5, 5.41) is 13.3. The molecule has 0 saturated carbocycles. The Morgan fingerprint density at radius 2 is 2.26 bits per heavy atom. The summed E-state index contributed by atoms with van der Waals surface area (Å²) in [7, 11) is 0. The van der Waals surface area contributed by atoms with Crippen molar-refractivity contribution in [3.05, 3.63) is 57.7 Å².